The van der Waals surface area contributed by atoms with E-state index in [1.165, 1.54) is 12.0 Å². The fourth-order valence-corrected chi connectivity index (χ4v) is 2.93. The van der Waals surface area contributed by atoms with Gasteiger partial charge < -0.3 is 5.32 Å². The lowest BCUT2D eigenvalue weighted by molar-refractivity contribution is 0.409. The predicted molar refractivity (Wildman–Crippen MR) is 74.5 cm³/mol. The lowest BCUT2D eigenvalue weighted by atomic mass is 9.97. The molecule has 2 heteroatoms. The average molecular weight is 252 g/mol. The van der Waals surface area contributed by atoms with Crippen LogP contribution in [0.4, 0.5) is 0 Å². The van der Waals surface area contributed by atoms with Crippen LogP contribution in [-0.4, -0.2) is 12.6 Å². The maximum absolute atomic E-state index is 6.24. The highest BCUT2D eigenvalue weighted by Crippen LogP contribution is 2.54. The maximum atomic E-state index is 6.24. The zero-order chi connectivity index (χ0) is 12.5. The molecule has 0 amide bonds. The fraction of sp³-hybridized carbons (Fsp3) is 0.600. The van der Waals surface area contributed by atoms with E-state index in [1.54, 1.807) is 0 Å². The van der Waals surface area contributed by atoms with Crippen LogP contribution in [-0.2, 0) is 6.42 Å². The van der Waals surface area contributed by atoms with Crippen molar-refractivity contribution in [3.8, 4) is 0 Å². The Morgan fingerprint density at radius 2 is 2.06 bits per heavy atom. The largest absolute Gasteiger partial charge is 0.314 e. The van der Waals surface area contributed by atoms with E-state index < -0.39 is 0 Å². The molecular formula is C15H22ClN. The molecule has 17 heavy (non-hydrogen) atoms. The minimum atomic E-state index is 0.508. The van der Waals surface area contributed by atoms with E-state index in [1.807, 2.05) is 12.1 Å². The van der Waals surface area contributed by atoms with E-state index in [0.717, 1.165) is 23.9 Å². The molecule has 0 heterocycles. The van der Waals surface area contributed by atoms with Crippen molar-refractivity contribution >= 4 is 11.6 Å². The van der Waals surface area contributed by atoms with Crippen molar-refractivity contribution < 1.29 is 0 Å². The third-order valence-corrected chi connectivity index (χ3v) is 4.31. The van der Waals surface area contributed by atoms with E-state index in [-0.39, 0.29) is 0 Å². The topological polar surface area (TPSA) is 12.0 Å². The van der Waals surface area contributed by atoms with Crippen molar-refractivity contribution in [2.24, 2.45) is 11.3 Å². The van der Waals surface area contributed by atoms with Crippen LogP contribution in [0.5, 0.6) is 0 Å². The summed E-state index contributed by atoms with van der Waals surface area (Å²) in [5.74, 6) is 0.790. The van der Waals surface area contributed by atoms with E-state index in [0.29, 0.717) is 11.5 Å². The predicted octanol–water partition coefficient (Wildman–Crippen LogP) is 3.91. The monoisotopic (exact) mass is 251 g/mol. The van der Waals surface area contributed by atoms with Gasteiger partial charge in [-0.2, -0.15) is 0 Å². The first-order valence-corrected chi connectivity index (χ1v) is 6.89. The lowest BCUT2D eigenvalue weighted by Gasteiger charge is -2.20. The van der Waals surface area contributed by atoms with Gasteiger partial charge in [-0.15, -0.1) is 0 Å². The van der Waals surface area contributed by atoms with Crippen LogP contribution >= 0.6 is 11.6 Å². The molecule has 0 aliphatic heterocycles. The molecule has 2 rings (SSSR count). The number of nitrogens with one attached hydrogen (secondary N) is 1. The van der Waals surface area contributed by atoms with Gasteiger partial charge in [0.25, 0.3) is 0 Å². The van der Waals surface area contributed by atoms with Gasteiger partial charge in [0.1, 0.15) is 0 Å². The minimum absolute atomic E-state index is 0.508. The van der Waals surface area contributed by atoms with Gasteiger partial charge in [0.2, 0.25) is 0 Å². The van der Waals surface area contributed by atoms with Crippen LogP contribution in [0.3, 0.4) is 0 Å². The van der Waals surface area contributed by atoms with Gasteiger partial charge in [-0.25, -0.2) is 0 Å². The number of rotatable bonds is 5. The highest BCUT2D eigenvalue weighted by molar-refractivity contribution is 6.31. The Balaban J connectivity index is 2.06. The van der Waals surface area contributed by atoms with Crippen LogP contribution in [0.1, 0.15) is 32.8 Å². The summed E-state index contributed by atoms with van der Waals surface area (Å²) in [5, 5.41) is 4.51. The zero-order valence-electron chi connectivity index (χ0n) is 11.0. The third-order valence-electron chi connectivity index (χ3n) is 3.94. The van der Waals surface area contributed by atoms with Crippen LogP contribution in [0.15, 0.2) is 24.3 Å². The molecule has 94 valence electrons. The van der Waals surface area contributed by atoms with Gasteiger partial charge in [-0.1, -0.05) is 50.6 Å². The van der Waals surface area contributed by atoms with E-state index in [4.69, 9.17) is 11.6 Å². The Morgan fingerprint density at radius 1 is 1.41 bits per heavy atom. The van der Waals surface area contributed by atoms with Crippen molar-refractivity contribution in [1.29, 1.82) is 0 Å². The molecule has 0 spiro atoms. The molecule has 1 aromatic rings. The molecule has 1 fully saturated rings. The summed E-state index contributed by atoms with van der Waals surface area (Å²) in [6.45, 7) is 7.92. The summed E-state index contributed by atoms with van der Waals surface area (Å²) in [5.41, 5.74) is 1.77. The summed E-state index contributed by atoms with van der Waals surface area (Å²) in [6, 6.07) is 8.76. The molecular weight excluding hydrogens is 230 g/mol. The summed E-state index contributed by atoms with van der Waals surface area (Å²) < 4.78 is 0. The van der Waals surface area contributed by atoms with Gasteiger partial charge in [-0.05, 0) is 42.3 Å². The molecule has 1 N–H and O–H groups in total. The zero-order valence-corrected chi connectivity index (χ0v) is 11.7. The van der Waals surface area contributed by atoms with E-state index in [9.17, 15) is 0 Å². The normalized spacial score (nSPS) is 23.4. The molecule has 1 aliphatic rings. The number of halogens is 1. The number of benzene rings is 1. The Morgan fingerprint density at radius 3 is 2.59 bits per heavy atom. The van der Waals surface area contributed by atoms with Crippen molar-refractivity contribution in [3.05, 3.63) is 34.9 Å². The van der Waals surface area contributed by atoms with Crippen LogP contribution < -0.4 is 5.32 Å². The van der Waals surface area contributed by atoms with Crippen LogP contribution in [0.25, 0.3) is 0 Å². The second-order valence-corrected chi connectivity index (χ2v) is 6.17. The van der Waals surface area contributed by atoms with Crippen molar-refractivity contribution in [2.45, 2.75) is 39.7 Å². The third kappa shape index (κ3) is 3.02. The Kier molecular flexibility index (Phi) is 3.79. The molecule has 0 aromatic heterocycles. The van der Waals surface area contributed by atoms with Crippen molar-refractivity contribution in [2.75, 3.05) is 6.54 Å². The molecule has 1 saturated carbocycles. The lowest BCUT2D eigenvalue weighted by Crippen LogP contribution is -2.34. The molecule has 0 radical (unpaired) electrons. The van der Waals surface area contributed by atoms with Crippen LogP contribution in [0, 0.1) is 11.3 Å². The summed E-state index contributed by atoms with van der Waals surface area (Å²) in [6.07, 6.45) is 2.37. The number of likely N-dealkylation sites (N-methyl/N-ethyl adjacent to an activating group) is 1. The SMILES string of the molecule is CCNC(Cc1ccccc1Cl)C1CC1(C)C. The van der Waals surface area contributed by atoms with Crippen LogP contribution in [0.2, 0.25) is 5.02 Å². The maximum Gasteiger partial charge on any atom is 0.0438 e. The Bertz CT molecular complexity index is 386. The highest BCUT2D eigenvalue weighted by Gasteiger charge is 2.49. The highest BCUT2D eigenvalue weighted by atomic mass is 35.5. The van der Waals surface area contributed by atoms with Gasteiger partial charge >= 0.3 is 0 Å². The summed E-state index contributed by atoms with van der Waals surface area (Å²) >= 11 is 6.24. The molecule has 2 unspecified atom stereocenters. The Labute approximate surface area is 110 Å². The quantitative estimate of drug-likeness (QED) is 0.837. The van der Waals surface area contributed by atoms with Crippen molar-refractivity contribution in [1.82, 2.24) is 5.32 Å². The van der Waals surface area contributed by atoms with Gasteiger partial charge in [0.05, 0.1) is 0 Å². The molecule has 2 atom stereocenters. The summed E-state index contributed by atoms with van der Waals surface area (Å²) in [4.78, 5) is 0. The molecule has 0 bridgehead atoms. The molecule has 0 saturated heterocycles. The molecule has 1 nitrogen and oxygen atoms in total. The fourth-order valence-electron chi connectivity index (χ4n) is 2.71. The second-order valence-electron chi connectivity index (χ2n) is 5.76. The van der Waals surface area contributed by atoms with Gasteiger partial charge in [-0.3, -0.25) is 0 Å². The van der Waals surface area contributed by atoms with Gasteiger partial charge in [0, 0.05) is 11.1 Å². The molecule has 1 aliphatic carbocycles. The second kappa shape index (κ2) is 4.99. The van der Waals surface area contributed by atoms with Gasteiger partial charge in [0.15, 0.2) is 0 Å². The first kappa shape index (κ1) is 12.9. The number of hydrogen-bond donors (Lipinski definition) is 1. The Hall–Kier alpha value is -0.530. The smallest absolute Gasteiger partial charge is 0.0438 e. The molecule has 1 aromatic carbocycles. The minimum Gasteiger partial charge on any atom is -0.314 e. The average Bonchev–Trinajstić information content (AvgIpc) is 2.90. The number of hydrogen-bond acceptors (Lipinski definition) is 1. The first-order valence-electron chi connectivity index (χ1n) is 6.51. The van der Waals surface area contributed by atoms with E-state index in [2.05, 4.69) is 38.2 Å². The summed E-state index contributed by atoms with van der Waals surface area (Å²) in [7, 11) is 0. The van der Waals surface area contributed by atoms with Crippen molar-refractivity contribution in [3.63, 3.8) is 0 Å². The first-order chi connectivity index (χ1) is 8.04. The standard InChI is InChI=1S/C15H22ClN/c1-4-17-14(12-10-15(12,2)3)9-11-7-5-6-8-13(11)16/h5-8,12,14,17H,4,9-10H2,1-3H3. The van der Waals surface area contributed by atoms with E-state index >= 15 is 0 Å².